The largest absolute Gasteiger partial charge is 0.506 e. The minimum atomic E-state index is -0.570. The quantitative estimate of drug-likeness (QED) is 0.568. The van der Waals surface area contributed by atoms with Crippen molar-refractivity contribution >= 4 is 17.4 Å². The SMILES string of the molecule is NC(=O)CCC(=O)c1ncc(-c2cccc(N)c2)cc1O. The minimum Gasteiger partial charge on any atom is -0.506 e. The molecular formula is C15H15N3O3. The van der Waals surface area contributed by atoms with Gasteiger partial charge < -0.3 is 16.6 Å². The van der Waals surface area contributed by atoms with Crippen molar-refractivity contribution in [1.82, 2.24) is 4.98 Å². The minimum absolute atomic E-state index is 0.0658. The van der Waals surface area contributed by atoms with Crippen LogP contribution in [0, 0.1) is 0 Å². The third-order valence-electron chi connectivity index (χ3n) is 2.95. The van der Waals surface area contributed by atoms with Gasteiger partial charge in [0.1, 0.15) is 11.4 Å². The fraction of sp³-hybridized carbons (Fsp3) is 0.133. The molecule has 5 N–H and O–H groups in total. The Kier molecular flexibility index (Phi) is 4.18. The Labute approximate surface area is 121 Å². The zero-order chi connectivity index (χ0) is 15.4. The zero-order valence-corrected chi connectivity index (χ0v) is 11.2. The summed E-state index contributed by atoms with van der Waals surface area (Å²) in [6.07, 6.45) is 1.33. The van der Waals surface area contributed by atoms with Crippen LogP contribution in [0.3, 0.4) is 0 Å². The van der Waals surface area contributed by atoms with Crippen LogP contribution >= 0.6 is 0 Å². The number of rotatable bonds is 5. The number of anilines is 1. The predicted molar refractivity (Wildman–Crippen MR) is 78.5 cm³/mol. The molecule has 2 rings (SSSR count). The molecule has 0 aliphatic carbocycles. The number of hydrogen-bond donors (Lipinski definition) is 3. The molecule has 0 aliphatic heterocycles. The number of benzene rings is 1. The molecule has 0 saturated heterocycles. The highest BCUT2D eigenvalue weighted by molar-refractivity contribution is 5.98. The molecule has 1 aromatic carbocycles. The van der Waals surface area contributed by atoms with Gasteiger partial charge in [0.15, 0.2) is 5.78 Å². The molecule has 2 aromatic rings. The van der Waals surface area contributed by atoms with Crippen molar-refractivity contribution in [2.24, 2.45) is 5.73 Å². The van der Waals surface area contributed by atoms with Crippen molar-refractivity contribution in [3.05, 3.63) is 42.2 Å². The number of nitrogens with two attached hydrogens (primary N) is 2. The van der Waals surface area contributed by atoms with Gasteiger partial charge in [0.05, 0.1) is 0 Å². The van der Waals surface area contributed by atoms with Crippen molar-refractivity contribution in [2.75, 3.05) is 5.73 Å². The molecular weight excluding hydrogens is 270 g/mol. The highest BCUT2D eigenvalue weighted by Crippen LogP contribution is 2.26. The van der Waals surface area contributed by atoms with Crippen LogP contribution in [0.1, 0.15) is 23.3 Å². The third kappa shape index (κ3) is 3.56. The zero-order valence-electron chi connectivity index (χ0n) is 11.2. The molecule has 0 spiro atoms. The van der Waals surface area contributed by atoms with E-state index in [4.69, 9.17) is 11.5 Å². The number of Topliss-reactive ketones (excluding diaryl/α,β-unsaturated/α-hetero) is 1. The number of carbonyl (C=O) groups is 2. The maximum Gasteiger partial charge on any atom is 0.217 e. The van der Waals surface area contributed by atoms with Gasteiger partial charge in [-0.1, -0.05) is 12.1 Å². The van der Waals surface area contributed by atoms with E-state index in [1.54, 1.807) is 18.2 Å². The van der Waals surface area contributed by atoms with Gasteiger partial charge >= 0.3 is 0 Å². The van der Waals surface area contributed by atoms with E-state index in [9.17, 15) is 14.7 Å². The van der Waals surface area contributed by atoms with Crippen molar-refractivity contribution in [3.8, 4) is 16.9 Å². The molecule has 0 aliphatic rings. The molecule has 1 aromatic heterocycles. The second kappa shape index (κ2) is 6.04. The number of nitrogen functional groups attached to an aromatic ring is 1. The molecule has 6 nitrogen and oxygen atoms in total. The molecule has 21 heavy (non-hydrogen) atoms. The maximum atomic E-state index is 11.8. The standard InChI is InChI=1S/C15H15N3O3/c16-11-3-1-2-9(6-11)10-7-13(20)15(18-8-10)12(19)4-5-14(17)21/h1-3,6-8,20H,4-5,16H2,(H2,17,21). The van der Waals surface area contributed by atoms with E-state index in [0.29, 0.717) is 11.3 Å². The van der Waals surface area contributed by atoms with Gasteiger partial charge in [-0.15, -0.1) is 0 Å². The molecule has 0 saturated carbocycles. The van der Waals surface area contributed by atoms with Crippen molar-refractivity contribution in [3.63, 3.8) is 0 Å². The number of ketones is 1. The van der Waals surface area contributed by atoms with Gasteiger partial charge in [-0.2, -0.15) is 0 Å². The van der Waals surface area contributed by atoms with E-state index in [2.05, 4.69) is 4.98 Å². The lowest BCUT2D eigenvalue weighted by Gasteiger charge is -2.06. The first-order chi connectivity index (χ1) is 9.97. The van der Waals surface area contributed by atoms with Crippen LogP contribution in [-0.2, 0) is 4.79 Å². The summed E-state index contributed by atoms with van der Waals surface area (Å²) in [6, 6.07) is 8.54. The smallest absolute Gasteiger partial charge is 0.217 e. The van der Waals surface area contributed by atoms with Crippen molar-refractivity contribution < 1.29 is 14.7 Å². The average molecular weight is 285 g/mol. The second-order valence-electron chi connectivity index (χ2n) is 4.61. The van der Waals surface area contributed by atoms with Gasteiger partial charge in [-0.05, 0) is 23.8 Å². The number of amides is 1. The number of pyridine rings is 1. The second-order valence-corrected chi connectivity index (χ2v) is 4.61. The van der Waals surface area contributed by atoms with Gasteiger partial charge in [-0.3, -0.25) is 9.59 Å². The van der Waals surface area contributed by atoms with Gasteiger partial charge in [0, 0.05) is 30.3 Å². The summed E-state index contributed by atoms with van der Waals surface area (Å²) < 4.78 is 0. The van der Waals surface area contributed by atoms with Gasteiger partial charge in [0.25, 0.3) is 0 Å². The molecule has 6 heteroatoms. The highest BCUT2D eigenvalue weighted by atomic mass is 16.3. The Hall–Kier alpha value is -2.89. The summed E-state index contributed by atoms with van der Waals surface area (Å²) in [7, 11) is 0. The Bertz CT molecular complexity index is 698. The Balaban J connectivity index is 2.25. The number of aromatic hydroxyl groups is 1. The topological polar surface area (TPSA) is 119 Å². The summed E-state index contributed by atoms with van der Waals surface area (Å²) >= 11 is 0. The predicted octanol–water partition coefficient (Wildman–Crippen LogP) is 1.48. The Morgan fingerprint density at radius 1 is 1.14 bits per heavy atom. The van der Waals surface area contributed by atoms with Crippen LogP contribution in [0.2, 0.25) is 0 Å². The van der Waals surface area contributed by atoms with Crippen LogP contribution in [-0.4, -0.2) is 21.8 Å². The number of nitrogens with zero attached hydrogens (tertiary/aromatic N) is 1. The lowest BCUT2D eigenvalue weighted by atomic mass is 10.0. The van der Waals surface area contributed by atoms with Crippen LogP contribution < -0.4 is 11.5 Å². The Morgan fingerprint density at radius 2 is 1.90 bits per heavy atom. The maximum absolute atomic E-state index is 11.8. The van der Waals surface area contributed by atoms with E-state index in [0.717, 1.165) is 5.56 Å². The monoisotopic (exact) mass is 285 g/mol. The molecule has 0 bridgehead atoms. The fourth-order valence-electron chi connectivity index (χ4n) is 1.90. The van der Waals surface area contributed by atoms with Crippen LogP contribution in [0.25, 0.3) is 11.1 Å². The van der Waals surface area contributed by atoms with Gasteiger partial charge in [-0.25, -0.2) is 4.98 Å². The molecule has 0 unspecified atom stereocenters. The first kappa shape index (κ1) is 14.5. The summed E-state index contributed by atoms with van der Waals surface area (Å²) in [4.78, 5) is 26.5. The van der Waals surface area contributed by atoms with E-state index in [1.165, 1.54) is 12.3 Å². The molecule has 0 radical (unpaired) electrons. The van der Waals surface area contributed by atoms with Crippen LogP contribution in [0.15, 0.2) is 36.5 Å². The number of carbonyl (C=O) groups excluding carboxylic acids is 2. The molecule has 1 amide bonds. The molecule has 0 fully saturated rings. The van der Waals surface area contributed by atoms with Crippen LogP contribution in [0.5, 0.6) is 5.75 Å². The highest BCUT2D eigenvalue weighted by Gasteiger charge is 2.15. The summed E-state index contributed by atoms with van der Waals surface area (Å²) in [5, 5.41) is 9.93. The lowest BCUT2D eigenvalue weighted by molar-refractivity contribution is -0.118. The number of primary amides is 1. The summed E-state index contributed by atoms with van der Waals surface area (Å²) in [5.74, 6) is -1.23. The van der Waals surface area contributed by atoms with E-state index in [-0.39, 0.29) is 24.3 Å². The number of aromatic nitrogens is 1. The lowest BCUT2D eigenvalue weighted by Crippen LogP contribution is -2.13. The first-order valence-electron chi connectivity index (χ1n) is 6.34. The molecule has 108 valence electrons. The Morgan fingerprint density at radius 3 is 2.52 bits per heavy atom. The van der Waals surface area contributed by atoms with Crippen LogP contribution in [0.4, 0.5) is 5.69 Å². The first-order valence-corrected chi connectivity index (χ1v) is 6.34. The molecule has 0 atom stereocenters. The van der Waals surface area contributed by atoms with Gasteiger partial charge in [0.2, 0.25) is 5.91 Å². The summed E-state index contributed by atoms with van der Waals surface area (Å²) in [5.41, 5.74) is 12.6. The van der Waals surface area contributed by atoms with Crippen molar-refractivity contribution in [2.45, 2.75) is 12.8 Å². The number of hydrogen-bond acceptors (Lipinski definition) is 5. The van der Waals surface area contributed by atoms with E-state index in [1.807, 2.05) is 6.07 Å². The fourth-order valence-corrected chi connectivity index (χ4v) is 1.90. The molecule has 1 heterocycles. The van der Waals surface area contributed by atoms with E-state index >= 15 is 0 Å². The van der Waals surface area contributed by atoms with Crippen molar-refractivity contribution in [1.29, 1.82) is 0 Å². The average Bonchev–Trinajstić information content (AvgIpc) is 2.44. The third-order valence-corrected chi connectivity index (χ3v) is 2.95. The normalized spacial score (nSPS) is 10.3. The van der Waals surface area contributed by atoms with E-state index < -0.39 is 11.7 Å². The summed E-state index contributed by atoms with van der Waals surface area (Å²) in [6.45, 7) is 0.